The molecule has 0 aliphatic carbocycles. The summed E-state index contributed by atoms with van der Waals surface area (Å²) in [7, 11) is 0. The first-order chi connectivity index (χ1) is 21.0. The van der Waals surface area contributed by atoms with Crippen LogP contribution in [0.2, 0.25) is 0 Å². The van der Waals surface area contributed by atoms with E-state index in [9.17, 15) is 38.1 Å². The van der Waals surface area contributed by atoms with Crippen LogP contribution in [0.25, 0.3) is 0 Å². The minimum atomic E-state index is -1.28. The van der Waals surface area contributed by atoms with E-state index in [4.69, 9.17) is 18.9 Å². The number of nitrogens with one attached hydrogen (secondary N) is 1. The summed E-state index contributed by atoms with van der Waals surface area (Å²) in [5.74, 6) is -3.92. The predicted octanol–water partition coefficient (Wildman–Crippen LogP) is 3.11. The number of hydrogen-bond donors (Lipinski definition) is 1. The molecular weight excluding hydrogens is 590 g/mol. The summed E-state index contributed by atoms with van der Waals surface area (Å²) in [5.41, 5.74) is -1.96. The molecule has 1 aromatic heterocycles. The number of nitro benzene ring substituents is 1. The van der Waals surface area contributed by atoms with Crippen LogP contribution in [0, 0.1) is 21.7 Å². The number of halogens is 2. The first-order valence-corrected chi connectivity index (χ1v) is 13.2. The highest BCUT2D eigenvalue weighted by atomic mass is 19.1. The van der Waals surface area contributed by atoms with E-state index in [2.05, 4.69) is 5.32 Å². The number of fused-ring (bicyclic) bond motifs is 2. The third-order valence-electron chi connectivity index (χ3n) is 6.99. The smallest absolute Gasteiger partial charge is 0.451 e. The van der Waals surface area contributed by atoms with Gasteiger partial charge in [0.2, 0.25) is 18.0 Å². The van der Waals surface area contributed by atoms with Crippen LogP contribution in [0.1, 0.15) is 39.8 Å². The Bertz CT molecular complexity index is 1690. The van der Waals surface area contributed by atoms with Gasteiger partial charge in [-0.15, -0.1) is 0 Å². The zero-order valence-corrected chi connectivity index (χ0v) is 23.0. The van der Waals surface area contributed by atoms with Crippen LogP contribution in [-0.4, -0.2) is 58.0 Å². The first kappa shape index (κ1) is 30.1. The zero-order chi connectivity index (χ0) is 31.5. The Kier molecular flexibility index (Phi) is 8.52. The van der Waals surface area contributed by atoms with Gasteiger partial charge in [-0.1, -0.05) is 6.07 Å². The Morgan fingerprint density at radius 1 is 1.16 bits per heavy atom. The number of nitro groups is 1. The molecule has 0 radical (unpaired) electrons. The van der Waals surface area contributed by atoms with Crippen molar-refractivity contribution in [3.8, 4) is 11.5 Å². The third kappa shape index (κ3) is 6.19. The van der Waals surface area contributed by atoms with Gasteiger partial charge in [-0.2, -0.15) is 0 Å². The van der Waals surface area contributed by atoms with Crippen LogP contribution in [0.5, 0.6) is 11.5 Å². The van der Waals surface area contributed by atoms with Gasteiger partial charge < -0.3 is 33.7 Å². The minimum absolute atomic E-state index is 0.0374. The number of pyridine rings is 1. The number of carbonyl (C=O) groups is 3. The maximum Gasteiger partial charge on any atom is 0.516 e. The second kappa shape index (κ2) is 12.5. The number of hydrogen-bond acceptors (Lipinski definition) is 10. The molecule has 2 aliphatic rings. The number of benzene rings is 2. The van der Waals surface area contributed by atoms with Crippen molar-refractivity contribution >= 4 is 23.7 Å². The van der Waals surface area contributed by atoms with E-state index >= 15 is 0 Å². The lowest BCUT2D eigenvalue weighted by Gasteiger charge is -2.44. The molecule has 1 N–H and O–H groups in total. The van der Waals surface area contributed by atoms with Gasteiger partial charge in [0, 0.05) is 42.5 Å². The fourth-order valence-corrected chi connectivity index (χ4v) is 4.77. The van der Waals surface area contributed by atoms with Crippen LogP contribution in [0.3, 0.4) is 0 Å². The molecule has 0 bridgehead atoms. The molecular formula is C28H24F2N4O10. The van der Waals surface area contributed by atoms with Crippen LogP contribution in [0.4, 0.5) is 19.3 Å². The number of amides is 2. The van der Waals surface area contributed by atoms with Gasteiger partial charge >= 0.3 is 6.16 Å². The molecule has 1 saturated heterocycles. The van der Waals surface area contributed by atoms with Crippen LogP contribution >= 0.6 is 0 Å². The highest BCUT2D eigenvalue weighted by molar-refractivity contribution is 5.99. The molecule has 16 heteroatoms. The summed E-state index contributed by atoms with van der Waals surface area (Å²) < 4.78 is 49.7. The molecule has 5 rings (SSSR count). The summed E-state index contributed by atoms with van der Waals surface area (Å²) in [5, 5.41) is 13.2. The summed E-state index contributed by atoms with van der Waals surface area (Å²) in [6.07, 6.45) is -0.276. The zero-order valence-electron chi connectivity index (χ0n) is 23.0. The molecule has 14 nitrogen and oxygen atoms in total. The maximum atomic E-state index is 14.1. The van der Waals surface area contributed by atoms with Gasteiger partial charge in [-0.05, 0) is 31.5 Å². The quantitative estimate of drug-likeness (QED) is 0.131. The number of non-ortho nitro benzene ring substituents is 1. The van der Waals surface area contributed by atoms with Crippen molar-refractivity contribution in [1.29, 1.82) is 0 Å². The Labute approximate surface area is 246 Å². The highest BCUT2D eigenvalue weighted by Crippen LogP contribution is 2.30. The van der Waals surface area contributed by atoms with Gasteiger partial charge in [-0.25, -0.2) is 13.6 Å². The van der Waals surface area contributed by atoms with E-state index in [0.29, 0.717) is 19.1 Å². The molecule has 3 heterocycles. The SMILES string of the molecule is C[C@@H]1CCO[C@H]2Cn3cc(C(=O)NCc4ccc(F)cc4F)c(=O)c(OCOC(=O)Oc4ccc([N+](=O)[O-])cc4)c3C(=O)N12. The van der Waals surface area contributed by atoms with Crippen molar-refractivity contribution in [1.82, 2.24) is 14.8 Å². The minimum Gasteiger partial charge on any atom is -0.451 e. The molecule has 2 amide bonds. The number of ether oxygens (including phenoxy) is 4. The lowest BCUT2D eigenvalue weighted by molar-refractivity contribution is -0.384. The second-order valence-corrected chi connectivity index (χ2v) is 9.81. The van der Waals surface area contributed by atoms with E-state index in [1.165, 1.54) is 21.6 Å². The largest absolute Gasteiger partial charge is 0.516 e. The molecule has 2 aliphatic heterocycles. The molecule has 2 aromatic carbocycles. The Morgan fingerprint density at radius 2 is 1.91 bits per heavy atom. The average Bonchev–Trinajstić information content (AvgIpc) is 2.98. The molecule has 230 valence electrons. The predicted molar refractivity (Wildman–Crippen MR) is 144 cm³/mol. The number of rotatable bonds is 8. The molecule has 0 saturated carbocycles. The summed E-state index contributed by atoms with van der Waals surface area (Å²) in [4.78, 5) is 63.9. The molecule has 2 atom stereocenters. The molecule has 3 aromatic rings. The molecule has 44 heavy (non-hydrogen) atoms. The third-order valence-corrected chi connectivity index (χ3v) is 6.99. The summed E-state index contributed by atoms with van der Waals surface area (Å²) in [6.45, 7) is 0.946. The van der Waals surface area contributed by atoms with Crippen molar-refractivity contribution in [3.05, 3.63) is 97.5 Å². The van der Waals surface area contributed by atoms with E-state index in [0.717, 1.165) is 30.5 Å². The van der Waals surface area contributed by atoms with Gasteiger partial charge in [0.25, 0.3) is 17.5 Å². The van der Waals surface area contributed by atoms with E-state index in [-0.39, 0.29) is 41.8 Å². The van der Waals surface area contributed by atoms with Crippen molar-refractivity contribution in [2.45, 2.75) is 38.7 Å². The van der Waals surface area contributed by atoms with Crippen molar-refractivity contribution in [3.63, 3.8) is 0 Å². The molecule has 1 fully saturated rings. The molecule has 0 spiro atoms. The van der Waals surface area contributed by atoms with E-state index in [1.807, 2.05) is 6.92 Å². The average molecular weight is 615 g/mol. The standard InChI is InChI=1S/C28H24F2N4O10/c1-15-8-9-41-22-13-32-12-20(26(36)31-11-16-2-3-17(29)10-21(16)30)24(35)25(23(32)27(37)33(15)22)42-14-43-28(38)44-19-6-4-18(5-7-19)34(39)40/h2-7,10,12,15,22H,8-9,11,13-14H2,1H3,(H,31,36)/t15-,22+/m1/s1. The topological polar surface area (TPSA) is 169 Å². The fraction of sp³-hybridized carbons (Fsp3) is 0.286. The van der Waals surface area contributed by atoms with Gasteiger partial charge in [0.1, 0.15) is 22.9 Å². The molecule has 0 unspecified atom stereocenters. The lowest BCUT2D eigenvalue weighted by Crippen LogP contribution is -2.57. The highest BCUT2D eigenvalue weighted by Gasteiger charge is 2.41. The lowest BCUT2D eigenvalue weighted by atomic mass is 10.1. The van der Waals surface area contributed by atoms with Gasteiger partial charge in [0.05, 0.1) is 18.1 Å². The van der Waals surface area contributed by atoms with Crippen LogP contribution < -0.4 is 20.2 Å². The Balaban J connectivity index is 1.38. The van der Waals surface area contributed by atoms with E-state index in [1.54, 1.807) is 0 Å². The second-order valence-electron chi connectivity index (χ2n) is 9.81. The maximum absolute atomic E-state index is 14.1. The van der Waals surface area contributed by atoms with E-state index < -0.39 is 64.3 Å². The summed E-state index contributed by atoms with van der Waals surface area (Å²) in [6, 6.07) is 7.12. The number of aromatic nitrogens is 1. The Hall–Kier alpha value is -5.38. The summed E-state index contributed by atoms with van der Waals surface area (Å²) >= 11 is 0. The Morgan fingerprint density at radius 3 is 2.61 bits per heavy atom. The van der Waals surface area contributed by atoms with Crippen molar-refractivity contribution < 1.29 is 47.0 Å². The number of nitrogens with zero attached hydrogens (tertiary/aromatic N) is 3. The normalized spacial score (nSPS) is 17.2. The van der Waals surface area contributed by atoms with Crippen LogP contribution in [-0.2, 0) is 22.6 Å². The van der Waals surface area contributed by atoms with Gasteiger partial charge in [0.15, 0.2) is 11.9 Å². The van der Waals surface area contributed by atoms with Crippen molar-refractivity contribution in [2.24, 2.45) is 0 Å². The first-order valence-electron chi connectivity index (χ1n) is 13.2. The van der Waals surface area contributed by atoms with Gasteiger partial charge in [-0.3, -0.25) is 24.5 Å². The van der Waals surface area contributed by atoms with Crippen molar-refractivity contribution in [2.75, 3.05) is 13.4 Å². The fourth-order valence-electron chi connectivity index (χ4n) is 4.77. The monoisotopic (exact) mass is 614 g/mol. The van der Waals surface area contributed by atoms with Crippen LogP contribution in [0.15, 0.2) is 53.5 Å². The number of carbonyl (C=O) groups excluding carboxylic acids is 3.